The number of aromatic nitrogens is 2. The normalized spacial score (nSPS) is 15.3. The van der Waals surface area contributed by atoms with E-state index in [-0.39, 0.29) is 5.69 Å². The van der Waals surface area contributed by atoms with Gasteiger partial charge >= 0.3 is 6.18 Å². The van der Waals surface area contributed by atoms with Crippen molar-refractivity contribution in [2.45, 2.75) is 25.4 Å². The molecule has 1 fully saturated rings. The van der Waals surface area contributed by atoms with Crippen molar-refractivity contribution in [3.8, 4) is 0 Å². The molecule has 1 saturated heterocycles. The first-order valence-corrected chi connectivity index (χ1v) is 8.77. The van der Waals surface area contributed by atoms with Crippen molar-refractivity contribution in [2.24, 2.45) is 7.05 Å². The SMILES string of the molecule is Cn1cc(/C=C/C(=O)Nc2cc(C(F)(F)F)ccc2N2CCCCC2)cn1. The molecule has 1 N–H and O–H groups in total. The van der Waals surface area contributed by atoms with Gasteiger partial charge in [-0.25, -0.2) is 0 Å². The molecule has 1 aliphatic heterocycles. The van der Waals surface area contributed by atoms with Gasteiger partial charge in [0, 0.05) is 38.0 Å². The zero-order valence-electron chi connectivity index (χ0n) is 15.0. The Kier molecular flexibility index (Phi) is 5.53. The van der Waals surface area contributed by atoms with Crippen LogP contribution in [-0.4, -0.2) is 28.8 Å². The Bertz CT molecular complexity index is 836. The van der Waals surface area contributed by atoms with Crippen LogP contribution in [-0.2, 0) is 18.0 Å². The standard InChI is InChI=1S/C19H21F3N4O/c1-25-13-14(12-23-25)5-8-18(27)24-16-11-15(19(20,21)22)6-7-17(16)26-9-3-2-4-10-26/h5-8,11-13H,2-4,9-10H2,1H3,(H,24,27)/b8-5+. The van der Waals surface area contributed by atoms with E-state index in [9.17, 15) is 18.0 Å². The van der Waals surface area contributed by atoms with Gasteiger partial charge in [-0.3, -0.25) is 9.48 Å². The second-order valence-corrected chi connectivity index (χ2v) is 6.55. The number of hydrogen-bond donors (Lipinski definition) is 1. The zero-order valence-corrected chi connectivity index (χ0v) is 15.0. The number of alkyl halides is 3. The van der Waals surface area contributed by atoms with E-state index in [1.165, 1.54) is 12.1 Å². The number of hydrogen-bond acceptors (Lipinski definition) is 3. The van der Waals surface area contributed by atoms with Crippen LogP contribution < -0.4 is 10.2 Å². The summed E-state index contributed by atoms with van der Waals surface area (Å²) >= 11 is 0. The summed E-state index contributed by atoms with van der Waals surface area (Å²) in [5, 5.41) is 6.60. The maximum atomic E-state index is 13.1. The van der Waals surface area contributed by atoms with E-state index in [0.717, 1.165) is 50.0 Å². The molecule has 0 atom stereocenters. The molecule has 0 bridgehead atoms. The van der Waals surface area contributed by atoms with Crippen LogP contribution in [0.25, 0.3) is 6.08 Å². The molecule has 144 valence electrons. The van der Waals surface area contributed by atoms with E-state index in [1.54, 1.807) is 30.2 Å². The van der Waals surface area contributed by atoms with Crippen LogP contribution in [0.4, 0.5) is 24.5 Å². The highest BCUT2D eigenvalue weighted by Gasteiger charge is 2.31. The Morgan fingerprint density at radius 3 is 2.59 bits per heavy atom. The summed E-state index contributed by atoms with van der Waals surface area (Å²) in [6.45, 7) is 1.53. The highest BCUT2D eigenvalue weighted by Crippen LogP contribution is 2.36. The van der Waals surface area contributed by atoms with Crippen molar-refractivity contribution >= 4 is 23.4 Å². The minimum absolute atomic E-state index is 0.174. The van der Waals surface area contributed by atoms with E-state index in [0.29, 0.717) is 5.69 Å². The predicted molar refractivity (Wildman–Crippen MR) is 98.4 cm³/mol. The lowest BCUT2D eigenvalue weighted by atomic mass is 10.1. The Morgan fingerprint density at radius 2 is 1.96 bits per heavy atom. The molecule has 0 spiro atoms. The number of anilines is 2. The van der Waals surface area contributed by atoms with Crippen LogP contribution in [0.15, 0.2) is 36.7 Å². The van der Waals surface area contributed by atoms with Crippen LogP contribution in [0.3, 0.4) is 0 Å². The van der Waals surface area contributed by atoms with Gasteiger partial charge in [0.25, 0.3) is 0 Å². The van der Waals surface area contributed by atoms with E-state index < -0.39 is 17.6 Å². The van der Waals surface area contributed by atoms with Gasteiger partial charge in [-0.1, -0.05) is 0 Å². The minimum atomic E-state index is -4.47. The van der Waals surface area contributed by atoms with Gasteiger partial charge in [-0.15, -0.1) is 0 Å². The molecule has 27 heavy (non-hydrogen) atoms. The molecule has 1 amide bonds. The molecule has 0 aliphatic carbocycles. The van der Waals surface area contributed by atoms with Gasteiger partial charge in [0.05, 0.1) is 23.1 Å². The molecular formula is C19H21F3N4O. The highest BCUT2D eigenvalue weighted by molar-refractivity contribution is 6.03. The van der Waals surface area contributed by atoms with E-state index in [1.807, 2.05) is 4.90 Å². The summed E-state index contributed by atoms with van der Waals surface area (Å²) in [4.78, 5) is 14.3. The first kappa shape index (κ1) is 19.0. The van der Waals surface area contributed by atoms with E-state index in [2.05, 4.69) is 10.4 Å². The third kappa shape index (κ3) is 4.90. The molecule has 1 aromatic carbocycles. The molecule has 2 heterocycles. The number of aryl methyl sites for hydroxylation is 1. The molecule has 8 heteroatoms. The Balaban J connectivity index is 1.83. The summed E-state index contributed by atoms with van der Waals surface area (Å²) in [5.74, 6) is -0.489. The van der Waals surface area contributed by atoms with Gasteiger partial charge in [0.2, 0.25) is 5.91 Å². The number of rotatable bonds is 4. The second kappa shape index (κ2) is 7.85. The van der Waals surface area contributed by atoms with Gasteiger partial charge in [0.15, 0.2) is 0 Å². The van der Waals surface area contributed by atoms with Crippen LogP contribution in [0.1, 0.15) is 30.4 Å². The van der Waals surface area contributed by atoms with Gasteiger partial charge in [0.1, 0.15) is 0 Å². The van der Waals surface area contributed by atoms with Crippen LogP contribution in [0, 0.1) is 0 Å². The minimum Gasteiger partial charge on any atom is -0.370 e. The summed E-state index contributed by atoms with van der Waals surface area (Å²) in [6.07, 6.45) is 4.77. The molecule has 1 aliphatic rings. The topological polar surface area (TPSA) is 50.2 Å². The maximum absolute atomic E-state index is 13.1. The quantitative estimate of drug-likeness (QED) is 0.816. The van der Waals surface area contributed by atoms with Crippen molar-refractivity contribution in [3.05, 3.63) is 47.8 Å². The van der Waals surface area contributed by atoms with Gasteiger partial charge in [-0.05, 0) is 43.5 Å². The zero-order chi connectivity index (χ0) is 19.4. The van der Waals surface area contributed by atoms with Crippen LogP contribution in [0.5, 0.6) is 0 Å². The molecule has 1 aromatic heterocycles. The molecule has 3 rings (SSSR count). The number of nitrogens with one attached hydrogen (secondary N) is 1. The second-order valence-electron chi connectivity index (χ2n) is 6.55. The molecular weight excluding hydrogens is 357 g/mol. The summed E-state index contributed by atoms with van der Waals surface area (Å²) in [7, 11) is 1.75. The highest BCUT2D eigenvalue weighted by atomic mass is 19.4. The fraction of sp³-hybridized carbons (Fsp3) is 0.368. The lowest BCUT2D eigenvalue weighted by Crippen LogP contribution is -2.30. The number of amides is 1. The Morgan fingerprint density at radius 1 is 1.22 bits per heavy atom. The third-order valence-electron chi connectivity index (χ3n) is 4.43. The average molecular weight is 378 g/mol. The van der Waals surface area contributed by atoms with Crippen molar-refractivity contribution in [1.29, 1.82) is 0 Å². The summed E-state index contributed by atoms with van der Waals surface area (Å²) < 4.78 is 40.9. The predicted octanol–water partition coefficient (Wildman–Crippen LogP) is 4.08. The van der Waals surface area contributed by atoms with E-state index in [4.69, 9.17) is 0 Å². The number of nitrogens with zero attached hydrogens (tertiary/aromatic N) is 3. The first-order valence-electron chi connectivity index (χ1n) is 8.77. The van der Waals surface area contributed by atoms with Crippen molar-refractivity contribution < 1.29 is 18.0 Å². The number of carbonyl (C=O) groups is 1. The third-order valence-corrected chi connectivity index (χ3v) is 4.43. The summed E-state index contributed by atoms with van der Waals surface area (Å²) in [5.41, 5.74) is 0.737. The maximum Gasteiger partial charge on any atom is 0.416 e. The molecule has 5 nitrogen and oxygen atoms in total. The van der Waals surface area contributed by atoms with E-state index >= 15 is 0 Å². The number of carbonyl (C=O) groups excluding carboxylic acids is 1. The van der Waals surface area contributed by atoms with Crippen molar-refractivity contribution in [1.82, 2.24) is 9.78 Å². The molecule has 2 aromatic rings. The fourth-order valence-corrected chi connectivity index (χ4v) is 3.10. The smallest absolute Gasteiger partial charge is 0.370 e. The van der Waals surface area contributed by atoms with Crippen molar-refractivity contribution in [3.63, 3.8) is 0 Å². The lowest BCUT2D eigenvalue weighted by molar-refractivity contribution is -0.137. The van der Waals surface area contributed by atoms with Gasteiger partial charge in [-0.2, -0.15) is 18.3 Å². The summed E-state index contributed by atoms with van der Waals surface area (Å²) in [6, 6.07) is 3.50. The molecule has 0 saturated carbocycles. The lowest BCUT2D eigenvalue weighted by Gasteiger charge is -2.31. The Labute approximate surface area is 155 Å². The first-order chi connectivity index (χ1) is 12.8. The van der Waals surface area contributed by atoms with Gasteiger partial charge < -0.3 is 10.2 Å². The number of halogens is 3. The number of benzene rings is 1. The Hall–Kier alpha value is -2.77. The van der Waals surface area contributed by atoms with Crippen molar-refractivity contribution in [2.75, 3.05) is 23.3 Å². The van der Waals surface area contributed by atoms with Crippen LogP contribution in [0.2, 0.25) is 0 Å². The molecule has 0 unspecified atom stereocenters. The fourth-order valence-electron chi connectivity index (χ4n) is 3.10. The average Bonchev–Trinajstić information content (AvgIpc) is 3.05. The number of piperidine rings is 1. The molecule has 0 radical (unpaired) electrons. The van der Waals surface area contributed by atoms with Crippen LogP contribution >= 0.6 is 0 Å². The monoisotopic (exact) mass is 378 g/mol. The largest absolute Gasteiger partial charge is 0.416 e.